The minimum absolute atomic E-state index is 0.225. The van der Waals surface area contributed by atoms with Crippen molar-refractivity contribution in [3.05, 3.63) is 42.6 Å². The van der Waals surface area contributed by atoms with Gasteiger partial charge in [0.15, 0.2) is 6.23 Å². The highest BCUT2D eigenvalue weighted by atomic mass is 16.7. The maximum Gasteiger partial charge on any atom is 0.494 e. The van der Waals surface area contributed by atoms with E-state index in [-0.39, 0.29) is 12.6 Å². The first-order chi connectivity index (χ1) is 13.6. The summed E-state index contributed by atoms with van der Waals surface area (Å²) in [6.45, 7) is -0.225. The van der Waals surface area contributed by atoms with Crippen molar-refractivity contribution in [3.8, 4) is 0 Å². The first-order valence-electron chi connectivity index (χ1n) is 9.16. The Morgan fingerprint density at radius 2 is 2.04 bits per heavy atom. The van der Waals surface area contributed by atoms with Crippen LogP contribution >= 0.6 is 0 Å². The minimum atomic E-state index is -0.703. The molecule has 28 heavy (non-hydrogen) atoms. The number of ether oxygens (including phenoxy) is 1. The van der Waals surface area contributed by atoms with E-state index in [9.17, 15) is 9.90 Å². The normalized spacial score (nSPS) is 32.1. The monoisotopic (exact) mass is 386 g/mol. The number of aliphatic hydroxyl groups is 1. The van der Waals surface area contributed by atoms with Crippen molar-refractivity contribution in [3.63, 3.8) is 0 Å². The molecule has 0 aromatic heterocycles. The molecule has 2 N–H and O–H groups in total. The summed E-state index contributed by atoms with van der Waals surface area (Å²) in [5.74, 6) is 0. The van der Waals surface area contributed by atoms with Crippen molar-refractivity contribution in [1.82, 2.24) is 15.1 Å². The van der Waals surface area contributed by atoms with Crippen LogP contribution in [-0.4, -0.2) is 85.8 Å². The molecular weight excluding hydrogens is 363 g/mol. The highest BCUT2D eigenvalue weighted by molar-refractivity contribution is 6.61. The second-order valence-corrected chi connectivity index (χ2v) is 7.06. The van der Waals surface area contributed by atoms with Gasteiger partial charge in [-0.15, -0.1) is 0 Å². The summed E-state index contributed by atoms with van der Waals surface area (Å²) < 4.78 is 17.9. The fourth-order valence-corrected chi connectivity index (χ4v) is 3.46. The number of carbonyl (C=O) groups excluding carboxylic acids is 1. The second kappa shape index (κ2) is 7.92. The molecule has 0 spiro atoms. The molecule has 3 aliphatic rings. The first kappa shape index (κ1) is 18.9. The maximum absolute atomic E-state index is 12.6. The summed E-state index contributed by atoms with van der Waals surface area (Å²) in [4.78, 5) is 20.1. The topological polar surface area (TPSA) is 95.9 Å². The molecule has 3 heterocycles. The Kier molecular flexibility index (Phi) is 5.36. The standard InChI is InChI=1S/C18H23BN4O5/c1-22(2)11-20-14-8-9-23(18(25)21-14)17-16-15(13(10-24)26-17)27-19(28-16)12-6-4-3-5-7-12/h3-9,11,13-17,24H,10H2,1-2H3,(H,21,25)/b20-11-/t13-,14?,15-,16-,17-/m1/s1. The van der Waals surface area contributed by atoms with Crippen LogP contribution in [-0.2, 0) is 14.0 Å². The van der Waals surface area contributed by atoms with Gasteiger partial charge >= 0.3 is 13.1 Å². The fourth-order valence-electron chi connectivity index (χ4n) is 3.46. The Hall–Kier alpha value is -2.40. The molecule has 148 valence electrons. The van der Waals surface area contributed by atoms with Crippen molar-refractivity contribution >= 4 is 25.0 Å². The van der Waals surface area contributed by atoms with E-state index in [4.69, 9.17) is 14.0 Å². The molecule has 1 aromatic carbocycles. The highest BCUT2D eigenvalue weighted by Crippen LogP contribution is 2.34. The van der Waals surface area contributed by atoms with Gasteiger partial charge in [0.05, 0.1) is 12.9 Å². The van der Waals surface area contributed by atoms with Crippen LogP contribution in [0.2, 0.25) is 0 Å². The van der Waals surface area contributed by atoms with E-state index < -0.39 is 37.8 Å². The predicted molar refractivity (Wildman–Crippen MR) is 103 cm³/mol. The second-order valence-electron chi connectivity index (χ2n) is 7.06. The first-order valence-corrected chi connectivity index (χ1v) is 9.16. The largest absolute Gasteiger partial charge is 0.494 e. The van der Waals surface area contributed by atoms with Crippen LogP contribution in [0.15, 0.2) is 47.6 Å². The van der Waals surface area contributed by atoms with Crippen LogP contribution in [0.3, 0.4) is 0 Å². The number of fused-ring (bicyclic) bond motifs is 1. The Balaban J connectivity index is 1.50. The summed E-state index contributed by atoms with van der Waals surface area (Å²) in [6.07, 6.45) is 2.32. The van der Waals surface area contributed by atoms with Gasteiger partial charge in [-0.2, -0.15) is 0 Å². The quantitative estimate of drug-likeness (QED) is 0.396. The van der Waals surface area contributed by atoms with Gasteiger partial charge < -0.3 is 29.4 Å². The SMILES string of the molecule is CN(C)/C=N\C1C=CN([C@@H]2O[C@H](CO)[C@H]3OB(c4ccccc4)O[C@H]32)C(=O)N1. The fraction of sp³-hybridized carbons (Fsp3) is 0.444. The summed E-state index contributed by atoms with van der Waals surface area (Å²) in [5.41, 5.74) is 0.879. The third kappa shape index (κ3) is 3.63. The van der Waals surface area contributed by atoms with Gasteiger partial charge in [0.2, 0.25) is 0 Å². The number of amides is 2. The average Bonchev–Trinajstić information content (AvgIpc) is 3.27. The molecule has 5 atom stereocenters. The molecular formula is C18H23BN4O5. The van der Waals surface area contributed by atoms with Gasteiger partial charge in [-0.05, 0) is 11.5 Å². The van der Waals surface area contributed by atoms with Gasteiger partial charge in [-0.25, -0.2) is 9.79 Å². The van der Waals surface area contributed by atoms with Crippen LogP contribution in [0.5, 0.6) is 0 Å². The lowest BCUT2D eigenvalue weighted by Crippen LogP contribution is -2.53. The van der Waals surface area contributed by atoms with Gasteiger partial charge in [0.1, 0.15) is 24.5 Å². The van der Waals surface area contributed by atoms with Crippen LogP contribution in [0.1, 0.15) is 0 Å². The lowest BCUT2D eigenvalue weighted by Gasteiger charge is -2.32. The van der Waals surface area contributed by atoms with Crippen LogP contribution < -0.4 is 10.8 Å². The van der Waals surface area contributed by atoms with Gasteiger partial charge in [-0.1, -0.05) is 30.3 Å². The van der Waals surface area contributed by atoms with Crippen LogP contribution in [0.25, 0.3) is 0 Å². The van der Waals surface area contributed by atoms with Crippen LogP contribution in [0.4, 0.5) is 4.79 Å². The molecule has 2 saturated heterocycles. The van der Waals surface area contributed by atoms with Gasteiger partial charge in [0, 0.05) is 20.3 Å². The molecule has 1 aromatic rings. The molecule has 2 fully saturated rings. The number of urea groups is 1. The summed E-state index contributed by atoms with van der Waals surface area (Å²) in [5, 5.41) is 12.5. The van der Waals surface area contributed by atoms with E-state index in [2.05, 4.69) is 10.3 Å². The van der Waals surface area contributed by atoms with Gasteiger partial charge in [0.25, 0.3) is 0 Å². The van der Waals surface area contributed by atoms with E-state index in [1.165, 1.54) is 4.90 Å². The summed E-state index contributed by atoms with van der Waals surface area (Å²) in [7, 11) is 3.14. The lowest BCUT2D eigenvalue weighted by atomic mass is 9.79. The summed E-state index contributed by atoms with van der Waals surface area (Å²) in [6, 6.07) is 9.20. The van der Waals surface area contributed by atoms with Crippen molar-refractivity contribution in [2.24, 2.45) is 4.99 Å². The lowest BCUT2D eigenvalue weighted by molar-refractivity contribution is -0.0703. The number of aliphatic imine (C=N–C) groups is 1. The van der Waals surface area contributed by atoms with Crippen molar-refractivity contribution in [2.45, 2.75) is 30.7 Å². The molecule has 0 aliphatic carbocycles. The smallest absolute Gasteiger partial charge is 0.399 e. The number of hydrogen-bond donors (Lipinski definition) is 2. The predicted octanol–water partition coefficient (Wildman–Crippen LogP) is -0.662. The van der Waals surface area contributed by atoms with E-state index in [1.807, 2.05) is 44.4 Å². The van der Waals surface area contributed by atoms with E-state index in [1.54, 1.807) is 23.5 Å². The summed E-state index contributed by atoms with van der Waals surface area (Å²) >= 11 is 0. The zero-order chi connectivity index (χ0) is 19.7. The molecule has 9 nitrogen and oxygen atoms in total. The third-order valence-electron chi connectivity index (χ3n) is 4.77. The van der Waals surface area contributed by atoms with Gasteiger partial charge in [-0.3, -0.25) is 4.90 Å². The van der Waals surface area contributed by atoms with E-state index >= 15 is 0 Å². The van der Waals surface area contributed by atoms with E-state index in [0.717, 1.165) is 5.46 Å². The van der Waals surface area contributed by atoms with Crippen molar-refractivity contribution in [2.75, 3.05) is 20.7 Å². The molecule has 4 rings (SSSR count). The number of nitrogens with one attached hydrogen (secondary N) is 1. The Morgan fingerprint density at radius 3 is 2.71 bits per heavy atom. The molecule has 0 bridgehead atoms. The zero-order valence-electron chi connectivity index (χ0n) is 15.7. The number of aliphatic hydroxyl groups excluding tert-OH is 1. The van der Waals surface area contributed by atoms with Crippen molar-refractivity contribution < 1.29 is 23.9 Å². The molecule has 1 unspecified atom stereocenters. The average molecular weight is 386 g/mol. The number of benzene rings is 1. The molecule has 10 heteroatoms. The Morgan fingerprint density at radius 1 is 1.29 bits per heavy atom. The van der Waals surface area contributed by atoms with E-state index in [0.29, 0.717) is 0 Å². The molecule has 2 amide bonds. The number of carbonyl (C=O) groups is 1. The zero-order valence-corrected chi connectivity index (χ0v) is 15.7. The molecule has 3 aliphatic heterocycles. The molecule has 0 radical (unpaired) electrons. The number of hydrogen-bond acceptors (Lipinski definition) is 6. The van der Waals surface area contributed by atoms with Crippen LogP contribution in [0, 0.1) is 0 Å². The minimum Gasteiger partial charge on any atom is -0.399 e. The maximum atomic E-state index is 12.6. The number of rotatable bonds is 5. The van der Waals surface area contributed by atoms with Crippen molar-refractivity contribution in [1.29, 1.82) is 0 Å². The highest BCUT2D eigenvalue weighted by Gasteiger charge is 2.56. The number of nitrogens with zero attached hydrogens (tertiary/aromatic N) is 3. The Labute approximate surface area is 163 Å². The molecule has 0 saturated carbocycles. The third-order valence-corrected chi connectivity index (χ3v) is 4.77. The Bertz CT molecular complexity index is 762.